The average Bonchev–Trinajstić information content (AvgIpc) is 3.24. The van der Waals surface area contributed by atoms with E-state index in [9.17, 15) is 4.79 Å². The number of fused-ring (bicyclic) bond motifs is 1. The molecule has 3 aromatic rings. The molecular weight excluding hydrogens is 460 g/mol. The van der Waals surface area contributed by atoms with Crippen LogP contribution in [-0.4, -0.2) is 74.4 Å². The van der Waals surface area contributed by atoms with Crippen LogP contribution in [0.4, 0.5) is 10.6 Å². The van der Waals surface area contributed by atoms with E-state index in [2.05, 4.69) is 15.3 Å². The summed E-state index contributed by atoms with van der Waals surface area (Å²) in [5.74, 6) is 1.39. The quantitative estimate of drug-likeness (QED) is 0.458. The van der Waals surface area contributed by atoms with Gasteiger partial charge in [-0.15, -0.1) is 0 Å². The van der Waals surface area contributed by atoms with Gasteiger partial charge in [0, 0.05) is 31.4 Å². The number of likely N-dealkylation sites (tertiary alicyclic amines) is 1. The molecule has 1 saturated heterocycles. The van der Waals surface area contributed by atoms with E-state index in [0.29, 0.717) is 37.8 Å². The van der Waals surface area contributed by atoms with E-state index in [-0.39, 0.29) is 18.2 Å². The van der Waals surface area contributed by atoms with Gasteiger partial charge in [-0.25, -0.2) is 14.8 Å². The maximum atomic E-state index is 12.5. The highest BCUT2D eigenvalue weighted by molar-refractivity contribution is 5.68. The Hall–Kier alpha value is -3.40. The Morgan fingerprint density at radius 3 is 2.83 bits per heavy atom. The lowest BCUT2D eigenvalue weighted by molar-refractivity contribution is 0.0206. The first-order chi connectivity index (χ1) is 17.2. The molecule has 1 atom stereocenters. The minimum atomic E-state index is -0.514. The number of carbonyl (C=O) groups is 1. The fourth-order valence-electron chi connectivity index (χ4n) is 4.04. The topological polar surface area (TPSA) is 103 Å². The van der Waals surface area contributed by atoms with Gasteiger partial charge in [-0.05, 0) is 53.5 Å². The summed E-state index contributed by atoms with van der Waals surface area (Å²) in [5.41, 5.74) is 1.77. The Kier molecular flexibility index (Phi) is 7.93. The number of amides is 1. The third-order valence-electron chi connectivity index (χ3n) is 5.61. The van der Waals surface area contributed by atoms with Crippen molar-refractivity contribution in [3.63, 3.8) is 0 Å². The van der Waals surface area contributed by atoms with Gasteiger partial charge in [-0.1, -0.05) is 0 Å². The van der Waals surface area contributed by atoms with Crippen LogP contribution in [-0.2, 0) is 9.47 Å². The zero-order valence-electron chi connectivity index (χ0n) is 21.7. The fourth-order valence-corrected chi connectivity index (χ4v) is 4.04. The van der Waals surface area contributed by atoms with Gasteiger partial charge in [0.1, 0.15) is 35.1 Å². The molecule has 10 nitrogen and oxygen atoms in total. The van der Waals surface area contributed by atoms with Gasteiger partial charge in [0.2, 0.25) is 0 Å². The van der Waals surface area contributed by atoms with Gasteiger partial charge in [-0.3, -0.25) is 9.38 Å². The zero-order valence-corrected chi connectivity index (χ0v) is 21.7. The maximum Gasteiger partial charge on any atom is 0.410 e. The van der Waals surface area contributed by atoms with Crippen LogP contribution in [0.2, 0.25) is 0 Å². The lowest BCUT2D eigenvalue weighted by Gasteiger charge is -2.34. The Morgan fingerprint density at radius 1 is 1.22 bits per heavy atom. The van der Waals surface area contributed by atoms with Crippen LogP contribution >= 0.6 is 0 Å². The predicted molar refractivity (Wildman–Crippen MR) is 137 cm³/mol. The van der Waals surface area contributed by atoms with Crippen LogP contribution in [0.1, 0.15) is 47.5 Å². The Morgan fingerprint density at radius 2 is 2.06 bits per heavy atom. The number of anilines is 1. The minimum absolute atomic E-state index is 0.0670. The number of nitrogens with one attached hydrogen (secondary N) is 1. The normalized spacial score (nSPS) is 16.4. The molecule has 1 fully saturated rings. The first kappa shape index (κ1) is 25.7. The van der Waals surface area contributed by atoms with Crippen LogP contribution in [0.3, 0.4) is 0 Å². The lowest BCUT2D eigenvalue weighted by Crippen LogP contribution is -2.47. The number of ether oxygens (including phenoxy) is 3. The van der Waals surface area contributed by atoms with Crippen molar-refractivity contribution < 1.29 is 19.0 Å². The largest absolute Gasteiger partial charge is 0.491 e. The summed E-state index contributed by atoms with van der Waals surface area (Å²) in [6.07, 6.45) is 8.84. The predicted octanol–water partition coefficient (Wildman–Crippen LogP) is 4.41. The molecule has 0 spiro atoms. The summed E-state index contributed by atoms with van der Waals surface area (Å²) in [4.78, 5) is 27.9. The smallest absolute Gasteiger partial charge is 0.410 e. The van der Waals surface area contributed by atoms with Gasteiger partial charge < -0.3 is 24.4 Å². The Bertz CT molecular complexity index is 1170. The van der Waals surface area contributed by atoms with Crippen LogP contribution in [0, 0.1) is 0 Å². The molecule has 1 unspecified atom stereocenters. The molecule has 36 heavy (non-hydrogen) atoms. The summed E-state index contributed by atoms with van der Waals surface area (Å²) >= 11 is 0. The van der Waals surface area contributed by atoms with Crippen LogP contribution in [0.15, 0.2) is 36.9 Å². The molecule has 4 rings (SSSR count). The number of imidazole rings is 1. The average molecular weight is 497 g/mol. The molecule has 1 aliphatic heterocycles. The highest BCUT2D eigenvalue weighted by Gasteiger charge is 2.28. The van der Waals surface area contributed by atoms with E-state index >= 15 is 0 Å². The maximum absolute atomic E-state index is 12.5. The molecule has 1 aliphatic rings. The summed E-state index contributed by atoms with van der Waals surface area (Å²) in [7, 11) is 0. The second-order valence-corrected chi connectivity index (χ2v) is 10.2. The van der Waals surface area contributed by atoms with Gasteiger partial charge in [0.05, 0.1) is 37.0 Å². The number of aromatic nitrogens is 4. The van der Waals surface area contributed by atoms with Crippen molar-refractivity contribution in [2.24, 2.45) is 0 Å². The molecule has 1 amide bonds. The fraction of sp³-hybridized carbons (Fsp3) is 0.538. The van der Waals surface area contributed by atoms with E-state index in [1.54, 1.807) is 23.5 Å². The molecule has 0 aromatic carbocycles. The van der Waals surface area contributed by atoms with Crippen molar-refractivity contribution in [3.8, 4) is 17.1 Å². The second-order valence-electron chi connectivity index (χ2n) is 10.2. The molecule has 0 saturated carbocycles. The Balaban J connectivity index is 1.41. The van der Waals surface area contributed by atoms with Gasteiger partial charge in [0.25, 0.3) is 0 Å². The van der Waals surface area contributed by atoms with Crippen molar-refractivity contribution in [2.75, 3.05) is 31.6 Å². The number of carbonyl (C=O) groups excluding carboxylic acids is 1. The molecule has 0 aliphatic carbocycles. The zero-order chi connectivity index (χ0) is 25.7. The third kappa shape index (κ3) is 6.84. The van der Waals surface area contributed by atoms with Crippen LogP contribution < -0.4 is 10.1 Å². The molecule has 0 radical (unpaired) electrons. The van der Waals surface area contributed by atoms with Crippen molar-refractivity contribution in [3.05, 3.63) is 36.9 Å². The number of nitrogens with zero attached hydrogens (tertiary/aromatic N) is 5. The van der Waals surface area contributed by atoms with Crippen molar-refractivity contribution >= 4 is 17.6 Å². The van der Waals surface area contributed by atoms with Crippen LogP contribution in [0.25, 0.3) is 17.0 Å². The molecule has 4 heterocycles. The first-order valence-electron chi connectivity index (χ1n) is 12.5. The number of hydrogen-bond acceptors (Lipinski definition) is 8. The van der Waals surface area contributed by atoms with Crippen molar-refractivity contribution in [1.29, 1.82) is 0 Å². The molecule has 1 N–H and O–H groups in total. The SMILES string of the molecule is CC(C)OCCOc1ccn2c(-c3cncc(NC4CCCN(C(=O)OC(C)(C)C)C4)n3)cnc2c1. The number of hydrogen-bond donors (Lipinski definition) is 1. The Labute approximate surface area is 212 Å². The highest BCUT2D eigenvalue weighted by atomic mass is 16.6. The van der Waals surface area contributed by atoms with E-state index in [1.807, 2.05) is 57.3 Å². The molecule has 194 valence electrons. The summed E-state index contributed by atoms with van der Waals surface area (Å²) in [6.45, 7) is 11.9. The van der Waals surface area contributed by atoms with Gasteiger partial charge in [-0.2, -0.15) is 0 Å². The van der Waals surface area contributed by atoms with E-state index in [1.165, 1.54) is 0 Å². The lowest BCUT2D eigenvalue weighted by atomic mass is 10.1. The van der Waals surface area contributed by atoms with E-state index in [4.69, 9.17) is 19.2 Å². The van der Waals surface area contributed by atoms with Gasteiger partial charge >= 0.3 is 6.09 Å². The second kappa shape index (κ2) is 11.1. The molecule has 10 heteroatoms. The minimum Gasteiger partial charge on any atom is -0.491 e. The number of pyridine rings is 1. The van der Waals surface area contributed by atoms with Crippen molar-refractivity contribution in [2.45, 2.75) is 65.2 Å². The van der Waals surface area contributed by atoms with E-state index < -0.39 is 5.60 Å². The molecule has 0 bridgehead atoms. The monoisotopic (exact) mass is 496 g/mol. The summed E-state index contributed by atoms with van der Waals surface area (Å²) in [6, 6.07) is 3.86. The van der Waals surface area contributed by atoms with Crippen molar-refractivity contribution in [1.82, 2.24) is 24.3 Å². The highest BCUT2D eigenvalue weighted by Crippen LogP contribution is 2.23. The number of piperidine rings is 1. The number of rotatable bonds is 8. The molecule has 3 aromatic heterocycles. The summed E-state index contributed by atoms with van der Waals surface area (Å²) in [5, 5.41) is 3.44. The van der Waals surface area contributed by atoms with Gasteiger partial charge in [0.15, 0.2) is 0 Å². The first-order valence-corrected chi connectivity index (χ1v) is 12.5. The third-order valence-corrected chi connectivity index (χ3v) is 5.61. The van der Waals surface area contributed by atoms with Crippen LogP contribution in [0.5, 0.6) is 5.75 Å². The standard InChI is InChI=1S/C26H36N6O4/c1-18(2)34-11-12-35-20-8-10-32-22(15-28-24(32)13-20)21-14-27-16-23(30-21)29-19-7-6-9-31(17-19)25(33)36-26(3,4)5/h8,10,13-16,18-19H,6-7,9,11-12,17H2,1-5H3,(H,29,30). The molecular formula is C26H36N6O4. The summed E-state index contributed by atoms with van der Waals surface area (Å²) < 4.78 is 18.8. The van der Waals surface area contributed by atoms with E-state index in [0.717, 1.165) is 29.9 Å².